The quantitative estimate of drug-likeness (QED) is 0.614. The maximum absolute atomic E-state index is 12.7. The number of amides is 1. The molecule has 0 bridgehead atoms. The summed E-state index contributed by atoms with van der Waals surface area (Å²) in [5.74, 6) is 1.62. The van der Waals surface area contributed by atoms with Crippen LogP contribution in [0, 0.1) is 0 Å². The Morgan fingerprint density at radius 2 is 1.93 bits per heavy atom. The summed E-state index contributed by atoms with van der Waals surface area (Å²) in [4.78, 5) is 21.6. The van der Waals surface area contributed by atoms with E-state index in [0.717, 1.165) is 45.5 Å². The van der Waals surface area contributed by atoms with Gasteiger partial charge >= 0.3 is 0 Å². The minimum atomic E-state index is 0.131. The standard InChI is InChI=1S/C21H22ClN3O3S/c1-27-15-5-3-4-14(12-15)13-18(26)24-8-10-25(11-9-24)21-23-19-17(28-2)7-6-16(22)20(19)29-21/h3-7,12H,8-11,13H2,1-2H3. The summed E-state index contributed by atoms with van der Waals surface area (Å²) < 4.78 is 11.6. The molecule has 1 saturated heterocycles. The first-order valence-corrected chi connectivity index (χ1v) is 10.6. The van der Waals surface area contributed by atoms with Crippen LogP contribution in [0.3, 0.4) is 0 Å². The topological polar surface area (TPSA) is 54.9 Å². The molecule has 1 amide bonds. The lowest BCUT2D eigenvalue weighted by Crippen LogP contribution is -2.49. The largest absolute Gasteiger partial charge is 0.497 e. The number of rotatable bonds is 5. The summed E-state index contributed by atoms with van der Waals surface area (Å²) in [5.41, 5.74) is 1.75. The number of piperazine rings is 1. The molecule has 0 aliphatic carbocycles. The highest BCUT2D eigenvalue weighted by atomic mass is 35.5. The van der Waals surface area contributed by atoms with Crippen LogP contribution in [0.5, 0.6) is 11.5 Å². The molecule has 0 atom stereocenters. The van der Waals surface area contributed by atoms with Crippen LogP contribution < -0.4 is 14.4 Å². The molecule has 29 heavy (non-hydrogen) atoms. The number of halogens is 1. The van der Waals surface area contributed by atoms with Gasteiger partial charge in [0, 0.05) is 26.2 Å². The molecule has 0 saturated carbocycles. The zero-order valence-corrected chi connectivity index (χ0v) is 17.9. The Kier molecular flexibility index (Phi) is 5.78. The van der Waals surface area contributed by atoms with Crippen LogP contribution in [0.2, 0.25) is 5.02 Å². The van der Waals surface area contributed by atoms with Crippen molar-refractivity contribution >= 4 is 44.2 Å². The molecule has 0 N–H and O–H groups in total. The molecule has 4 rings (SSSR count). The van der Waals surface area contributed by atoms with E-state index in [9.17, 15) is 4.79 Å². The van der Waals surface area contributed by atoms with Crippen LogP contribution in [0.15, 0.2) is 36.4 Å². The Morgan fingerprint density at radius 3 is 2.66 bits per heavy atom. The molecular weight excluding hydrogens is 410 g/mol. The Hall–Kier alpha value is -2.51. The fourth-order valence-corrected chi connectivity index (χ4v) is 4.77. The zero-order chi connectivity index (χ0) is 20.4. The van der Waals surface area contributed by atoms with Crippen LogP contribution >= 0.6 is 22.9 Å². The number of carbonyl (C=O) groups excluding carboxylic acids is 1. The molecule has 2 aromatic carbocycles. The van der Waals surface area contributed by atoms with Crippen molar-refractivity contribution in [3.63, 3.8) is 0 Å². The van der Waals surface area contributed by atoms with Gasteiger partial charge in [-0.1, -0.05) is 35.1 Å². The fraction of sp³-hybridized carbons (Fsp3) is 0.333. The van der Waals surface area contributed by atoms with Crippen molar-refractivity contribution in [3.05, 3.63) is 47.0 Å². The summed E-state index contributed by atoms with van der Waals surface area (Å²) in [7, 11) is 3.26. The summed E-state index contributed by atoms with van der Waals surface area (Å²) in [6, 6.07) is 11.3. The first-order valence-electron chi connectivity index (χ1n) is 9.37. The number of fused-ring (bicyclic) bond motifs is 1. The van der Waals surface area contributed by atoms with E-state index < -0.39 is 0 Å². The number of hydrogen-bond donors (Lipinski definition) is 0. The molecule has 1 aliphatic rings. The molecular formula is C21H22ClN3O3S. The van der Waals surface area contributed by atoms with E-state index in [0.29, 0.717) is 24.5 Å². The third kappa shape index (κ3) is 4.11. The van der Waals surface area contributed by atoms with Gasteiger partial charge in [-0.25, -0.2) is 4.98 Å². The number of nitrogens with zero attached hydrogens (tertiary/aromatic N) is 3. The molecule has 8 heteroatoms. The fourth-order valence-electron chi connectivity index (χ4n) is 3.46. The third-order valence-corrected chi connectivity index (χ3v) is 6.64. The lowest BCUT2D eigenvalue weighted by molar-refractivity contribution is -0.130. The molecule has 0 radical (unpaired) electrons. The number of methoxy groups -OCH3 is 2. The first-order chi connectivity index (χ1) is 14.1. The molecule has 0 unspecified atom stereocenters. The Morgan fingerprint density at radius 1 is 1.14 bits per heavy atom. The van der Waals surface area contributed by atoms with Gasteiger partial charge < -0.3 is 19.3 Å². The number of hydrogen-bond acceptors (Lipinski definition) is 6. The van der Waals surface area contributed by atoms with Gasteiger partial charge in [0.1, 0.15) is 17.0 Å². The monoisotopic (exact) mass is 431 g/mol. The van der Waals surface area contributed by atoms with Crippen LogP contribution in [0.4, 0.5) is 5.13 Å². The predicted octanol–water partition coefficient (Wildman–Crippen LogP) is 3.86. The van der Waals surface area contributed by atoms with E-state index in [2.05, 4.69) is 4.90 Å². The summed E-state index contributed by atoms with van der Waals surface area (Å²) in [6.45, 7) is 2.82. The van der Waals surface area contributed by atoms with E-state index in [1.54, 1.807) is 25.6 Å². The molecule has 1 aliphatic heterocycles. The van der Waals surface area contributed by atoms with E-state index in [4.69, 9.17) is 26.1 Å². The van der Waals surface area contributed by atoms with Gasteiger partial charge in [0.2, 0.25) is 5.91 Å². The van der Waals surface area contributed by atoms with E-state index >= 15 is 0 Å². The van der Waals surface area contributed by atoms with E-state index in [1.807, 2.05) is 41.3 Å². The van der Waals surface area contributed by atoms with Crippen molar-refractivity contribution in [2.24, 2.45) is 0 Å². The number of benzene rings is 2. The van der Waals surface area contributed by atoms with Crippen molar-refractivity contribution in [1.29, 1.82) is 0 Å². The first kappa shape index (κ1) is 19.8. The predicted molar refractivity (Wildman–Crippen MR) is 117 cm³/mol. The van der Waals surface area contributed by atoms with Gasteiger partial charge in [-0.3, -0.25) is 4.79 Å². The Balaban J connectivity index is 1.42. The van der Waals surface area contributed by atoms with Crippen LogP contribution in [0.25, 0.3) is 10.2 Å². The second-order valence-corrected chi connectivity index (χ2v) is 8.20. The molecule has 152 valence electrons. The summed E-state index contributed by atoms with van der Waals surface area (Å²) >= 11 is 7.90. The minimum Gasteiger partial charge on any atom is -0.497 e. The van der Waals surface area contributed by atoms with Gasteiger partial charge in [-0.05, 0) is 29.8 Å². The number of aromatic nitrogens is 1. The van der Waals surface area contributed by atoms with Crippen molar-refractivity contribution in [3.8, 4) is 11.5 Å². The SMILES string of the molecule is COc1cccc(CC(=O)N2CCN(c3nc4c(OC)ccc(Cl)c4s3)CC2)c1. The van der Waals surface area contributed by atoms with Crippen molar-refractivity contribution in [2.45, 2.75) is 6.42 Å². The number of anilines is 1. The molecule has 0 spiro atoms. The number of carbonyl (C=O) groups is 1. The van der Waals surface area contributed by atoms with E-state index in [1.165, 1.54) is 0 Å². The van der Waals surface area contributed by atoms with Gasteiger partial charge in [0.25, 0.3) is 0 Å². The van der Waals surface area contributed by atoms with Gasteiger partial charge in [0.15, 0.2) is 5.13 Å². The summed E-state index contributed by atoms with van der Waals surface area (Å²) in [5, 5.41) is 1.59. The molecule has 2 heterocycles. The second-order valence-electron chi connectivity index (χ2n) is 6.82. The second kappa shape index (κ2) is 8.47. The maximum Gasteiger partial charge on any atom is 0.227 e. The zero-order valence-electron chi connectivity index (χ0n) is 16.4. The molecule has 1 fully saturated rings. The third-order valence-electron chi connectivity index (χ3n) is 5.06. The molecule has 6 nitrogen and oxygen atoms in total. The smallest absolute Gasteiger partial charge is 0.227 e. The van der Waals surface area contributed by atoms with Gasteiger partial charge in [0.05, 0.1) is 30.4 Å². The average Bonchev–Trinajstić information content (AvgIpc) is 3.21. The highest BCUT2D eigenvalue weighted by Crippen LogP contribution is 2.38. The highest BCUT2D eigenvalue weighted by Gasteiger charge is 2.24. The lowest BCUT2D eigenvalue weighted by Gasteiger charge is -2.34. The normalized spacial score (nSPS) is 14.3. The maximum atomic E-state index is 12.7. The highest BCUT2D eigenvalue weighted by molar-refractivity contribution is 7.22. The molecule has 3 aromatic rings. The average molecular weight is 432 g/mol. The van der Waals surface area contributed by atoms with Gasteiger partial charge in [-0.15, -0.1) is 0 Å². The van der Waals surface area contributed by atoms with Crippen molar-refractivity contribution in [1.82, 2.24) is 9.88 Å². The Labute approximate surface area is 178 Å². The Bertz CT molecular complexity index is 1030. The number of ether oxygens (including phenoxy) is 2. The van der Waals surface area contributed by atoms with E-state index in [-0.39, 0.29) is 5.91 Å². The van der Waals surface area contributed by atoms with Crippen LogP contribution in [0.1, 0.15) is 5.56 Å². The van der Waals surface area contributed by atoms with Crippen LogP contribution in [-0.2, 0) is 11.2 Å². The van der Waals surface area contributed by atoms with Crippen LogP contribution in [-0.4, -0.2) is 56.2 Å². The summed E-state index contributed by atoms with van der Waals surface area (Å²) in [6.07, 6.45) is 0.380. The minimum absolute atomic E-state index is 0.131. The molecule has 1 aromatic heterocycles. The van der Waals surface area contributed by atoms with Gasteiger partial charge in [-0.2, -0.15) is 0 Å². The van der Waals surface area contributed by atoms with Crippen molar-refractivity contribution in [2.75, 3.05) is 45.3 Å². The lowest BCUT2D eigenvalue weighted by atomic mass is 10.1. The van der Waals surface area contributed by atoms with Crippen molar-refractivity contribution < 1.29 is 14.3 Å². The number of thiazole rings is 1.